The van der Waals surface area contributed by atoms with E-state index < -0.39 is 0 Å². The Hall–Kier alpha value is -1.06. The maximum atomic E-state index is 5.40. The Balaban J connectivity index is 2.47. The number of aryl methyl sites for hydroxylation is 1. The lowest BCUT2D eigenvalue weighted by Crippen LogP contribution is -2.27. The van der Waals surface area contributed by atoms with Crippen LogP contribution in [0.3, 0.4) is 0 Å². The third kappa shape index (κ3) is 4.21. The summed E-state index contributed by atoms with van der Waals surface area (Å²) >= 11 is 0. The van der Waals surface area contributed by atoms with Crippen LogP contribution in [0.4, 0.5) is 5.69 Å². The molecular formula is C13H22N2O. The number of hydrogen-bond acceptors (Lipinski definition) is 3. The summed E-state index contributed by atoms with van der Waals surface area (Å²) < 4.78 is 5.40. The molecule has 0 aromatic heterocycles. The van der Waals surface area contributed by atoms with Gasteiger partial charge in [0, 0.05) is 25.3 Å². The minimum atomic E-state index is 0.594. The molecule has 16 heavy (non-hydrogen) atoms. The van der Waals surface area contributed by atoms with Gasteiger partial charge in [-0.15, -0.1) is 0 Å². The molecule has 0 bridgehead atoms. The van der Waals surface area contributed by atoms with E-state index in [-0.39, 0.29) is 0 Å². The third-order valence-corrected chi connectivity index (χ3v) is 2.52. The normalized spacial score (nSPS) is 10.4. The molecule has 3 heteroatoms. The van der Waals surface area contributed by atoms with Gasteiger partial charge in [-0.1, -0.05) is 12.1 Å². The lowest BCUT2D eigenvalue weighted by atomic mass is 10.2. The van der Waals surface area contributed by atoms with E-state index in [9.17, 15) is 0 Å². The summed E-state index contributed by atoms with van der Waals surface area (Å²) in [7, 11) is 0. The van der Waals surface area contributed by atoms with Crippen molar-refractivity contribution >= 4 is 5.69 Å². The fourth-order valence-corrected chi connectivity index (χ4v) is 1.65. The van der Waals surface area contributed by atoms with Crippen LogP contribution in [0.15, 0.2) is 24.3 Å². The maximum Gasteiger partial charge on any atom is 0.0642 e. The zero-order chi connectivity index (χ0) is 11.8. The van der Waals surface area contributed by atoms with Gasteiger partial charge in [-0.3, -0.25) is 0 Å². The molecule has 0 fully saturated rings. The quantitative estimate of drug-likeness (QED) is 0.715. The van der Waals surface area contributed by atoms with Gasteiger partial charge in [0.25, 0.3) is 0 Å². The number of nitrogens with two attached hydrogens (primary N) is 1. The first-order valence-corrected chi connectivity index (χ1v) is 5.87. The molecule has 0 atom stereocenters. The van der Waals surface area contributed by atoms with Gasteiger partial charge in [0.05, 0.1) is 13.2 Å². The Labute approximate surface area is 98.2 Å². The van der Waals surface area contributed by atoms with Crippen molar-refractivity contribution in [3.8, 4) is 0 Å². The molecule has 0 amide bonds. The summed E-state index contributed by atoms with van der Waals surface area (Å²) in [6.45, 7) is 8.16. The Morgan fingerprint density at radius 2 is 2.12 bits per heavy atom. The molecule has 2 N–H and O–H groups in total. The number of likely N-dealkylation sites (N-methyl/N-ethyl adjacent to an activating group) is 1. The fourth-order valence-electron chi connectivity index (χ4n) is 1.65. The van der Waals surface area contributed by atoms with Gasteiger partial charge in [0.15, 0.2) is 0 Å². The van der Waals surface area contributed by atoms with Crippen molar-refractivity contribution in [2.75, 3.05) is 37.7 Å². The Bertz CT molecular complexity index is 302. The van der Waals surface area contributed by atoms with Crippen LogP contribution in [0.25, 0.3) is 0 Å². The highest BCUT2D eigenvalue weighted by Crippen LogP contribution is 2.15. The predicted octanol–water partition coefficient (Wildman–Crippen LogP) is 1.80. The van der Waals surface area contributed by atoms with Gasteiger partial charge in [0.1, 0.15) is 0 Å². The van der Waals surface area contributed by atoms with Crippen LogP contribution in [0.1, 0.15) is 12.5 Å². The summed E-state index contributed by atoms with van der Waals surface area (Å²) in [5.41, 5.74) is 7.92. The SMILES string of the molecule is CCN(CCOCCN)c1cccc(C)c1. The van der Waals surface area contributed by atoms with Gasteiger partial charge in [-0.25, -0.2) is 0 Å². The summed E-state index contributed by atoms with van der Waals surface area (Å²) in [6.07, 6.45) is 0. The van der Waals surface area contributed by atoms with Gasteiger partial charge in [0.2, 0.25) is 0 Å². The average molecular weight is 222 g/mol. The summed E-state index contributed by atoms with van der Waals surface area (Å²) in [4.78, 5) is 2.31. The topological polar surface area (TPSA) is 38.5 Å². The largest absolute Gasteiger partial charge is 0.378 e. The fraction of sp³-hybridized carbons (Fsp3) is 0.538. The number of rotatable bonds is 7. The second kappa shape index (κ2) is 7.25. The summed E-state index contributed by atoms with van der Waals surface area (Å²) in [6, 6.07) is 8.54. The lowest BCUT2D eigenvalue weighted by Gasteiger charge is -2.23. The number of hydrogen-bond donors (Lipinski definition) is 1. The van der Waals surface area contributed by atoms with E-state index in [0.29, 0.717) is 13.2 Å². The van der Waals surface area contributed by atoms with E-state index in [4.69, 9.17) is 10.5 Å². The van der Waals surface area contributed by atoms with Crippen molar-refractivity contribution in [1.29, 1.82) is 0 Å². The monoisotopic (exact) mass is 222 g/mol. The molecule has 1 aromatic rings. The van der Waals surface area contributed by atoms with E-state index in [1.807, 2.05) is 0 Å². The van der Waals surface area contributed by atoms with E-state index in [1.54, 1.807) is 0 Å². The van der Waals surface area contributed by atoms with Crippen LogP contribution in [-0.2, 0) is 4.74 Å². The van der Waals surface area contributed by atoms with Crippen LogP contribution in [-0.4, -0.2) is 32.8 Å². The molecule has 0 saturated carbocycles. The first-order chi connectivity index (χ1) is 7.77. The molecule has 0 unspecified atom stereocenters. The molecule has 0 aliphatic carbocycles. The highest BCUT2D eigenvalue weighted by atomic mass is 16.5. The Morgan fingerprint density at radius 1 is 1.31 bits per heavy atom. The van der Waals surface area contributed by atoms with Crippen molar-refractivity contribution in [3.63, 3.8) is 0 Å². The minimum Gasteiger partial charge on any atom is -0.378 e. The molecule has 1 rings (SSSR count). The summed E-state index contributed by atoms with van der Waals surface area (Å²) in [5, 5.41) is 0. The van der Waals surface area contributed by atoms with E-state index in [2.05, 4.69) is 43.0 Å². The molecule has 0 aliphatic heterocycles. The van der Waals surface area contributed by atoms with E-state index >= 15 is 0 Å². The zero-order valence-corrected chi connectivity index (χ0v) is 10.3. The second-order valence-electron chi connectivity index (χ2n) is 3.82. The average Bonchev–Trinajstić information content (AvgIpc) is 2.29. The number of nitrogens with zero attached hydrogens (tertiary/aromatic N) is 1. The zero-order valence-electron chi connectivity index (χ0n) is 10.3. The molecule has 0 aliphatic rings. The molecular weight excluding hydrogens is 200 g/mol. The lowest BCUT2D eigenvalue weighted by molar-refractivity contribution is 0.148. The Kier molecular flexibility index (Phi) is 5.90. The molecule has 0 spiro atoms. The van der Waals surface area contributed by atoms with Crippen molar-refractivity contribution in [2.24, 2.45) is 5.73 Å². The molecule has 0 saturated heterocycles. The smallest absolute Gasteiger partial charge is 0.0642 e. The van der Waals surface area contributed by atoms with E-state index in [0.717, 1.165) is 19.7 Å². The second-order valence-corrected chi connectivity index (χ2v) is 3.82. The van der Waals surface area contributed by atoms with Crippen LogP contribution in [0.5, 0.6) is 0 Å². The van der Waals surface area contributed by atoms with Crippen LogP contribution in [0.2, 0.25) is 0 Å². The van der Waals surface area contributed by atoms with Crippen molar-refractivity contribution in [1.82, 2.24) is 0 Å². The maximum absolute atomic E-state index is 5.40. The van der Waals surface area contributed by atoms with Gasteiger partial charge in [-0.05, 0) is 31.5 Å². The van der Waals surface area contributed by atoms with Gasteiger partial charge >= 0.3 is 0 Å². The number of ether oxygens (including phenoxy) is 1. The first kappa shape index (κ1) is 13.0. The van der Waals surface area contributed by atoms with Crippen molar-refractivity contribution < 1.29 is 4.74 Å². The molecule has 0 heterocycles. The highest BCUT2D eigenvalue weighted by Gasteiger charge is 2.03. The molecule has 0 radical (unpaired) electrons. The molecule has 90 valence electrons. The van der Waals surface area contributed by atoms with E-state index in [1.165, 1.54) is 11.3 Å². The van der Waals surface area contributed by atoms with Crippen molar-refractivity contribution in [2.45, 2.75) is 13.8 Å². The standard InChI is InChI=1S/C13H22N2O/c1-3-15(8-10-16-9-7-14)13-6-4-5-12(2)11-13/h4-6,11H,3,7-10,14H2,1-2H3. The molecule has 3 nitrogen and oxygen atoms in total. The highest BCUT2D eigenvalue weighted by molar-refractivity contribution is 5.48. The van der Waals surface area contributed by atoms with Gasteiger partial charge < -0.3 is 15.4 Å². The number of benzene rings is 1. The predicted molar refractivity (Wildman–Crippen MR) is 68.9 cm³/mol. The van der Waals surface area contributed by atoms with Crippen LogP contribution < -0.4 is 10.6 Å². The van der Waals surface area contributed by atoms with Gasteiger partial charge in [-0.2, -0.15) is 0 Å². The van der Waals surface area contributed by atoms with Crippen LogP contribution in [0, 0.1) is 6.92 Å². The number of anilines is 1. The van der Waals surface area contributed by atoms with Crippen LogP contribution >= 0.6 is 0 Å². The van der Waals surface area contributed by atoms with Crippen molar-refractivity contribution in [3.05, 3.63) is 29.8 Å². The Morgan fingerprint density at radius 3 is 2.75 bits per heavy atom. The third-order valence-electron chi connectivity index (χ3n) is 2.52. The molecule has 1 aromatic carbocycles. The summed E-state index contributed by atoms with van der Waals surface area (Å²) in [5.74, 6) is 0. The minimum absolute atomic E-state index is 0.594. The first-order valence-electron chi connectivity index (χ1n) is 5.87.